The minimum atomic E-state index is 0.853. The molecule has 0 fully saturated rings. The summed E-state index contributed by atoms with van der Waals surface area (Å²) in [6.07, 6.45) is 0. The summed E-state index contributed by atoms with van der Waals surface area (Å²) in [4.78, 5) is 6.97. The van der Waals surface area contributed by atoms with Gasteiger partial charge in [0.05, 0.1) is 17.1 Å². The molecule has 0 N–H and O–H groups in total. The van der Waals surface area contributed by atoms with E-state index < -0.39 is 0 Å². The summed E-state index contributed by atoms with van der Waals surface area (Å²) in [7, 11) is 0. The minimum absolute atomic E-state index is 0.853. The van der Waals surface area contributed by atoms with Gasteiger partial charge in [0.15, 0.2) is 16.7 Å². The van der Waals surface area contributed by atoms with Gasteiger partial charge >= 0.3 is 0 Å². The van der Waals surface area contributed by atoms with Crippen molar-refractivity contribution in [2.75, 3.05) is 14.7 Å². The molecule has 0 unspecified atom stereocenters. The lowest BCUT2D eigenvalue weighted by Gasteiger charge is -2.26. The Labute approximate surface area is 870 Å². The van der Waals surface area contributed by atoms with Crippen LogP contribution in [0.4, 0.5) is 51.2 Å². The number of para-hydroxylation sites is 5. The molecule has 0 aliphatic carbocycles. The van der Waals surface area contributed by atoms with Crippen molar-refractivity contribution in [3.8, 4) is 111 Å². The van der Waals surface area contributed by atoms with Crippen LogP contribution in [0.15, 0.2) is 602 Å². The van der Waals surface area contributed by atoms with E-state index in [2.05, 4.69) is 603 Å². The van der Waals surface area contributed by atoms with Crippen molar-refractivity contribution in [3.05, 3.63) is 588 Å². The maximum Gasteiger partial charge on any atom is 0.159 e. The molecule has 28 rings (SSSR count). The number of hydrogen-bond donors (Lipinski definition) is 0. The number of furan rings is 3. The number of benzene rings is 25. The Bertz CT molecular complexity index is 9770. The molecule has 0 atom stereocenters. The Hall–Kier alpha value is -19.9. The lowest BCUT2D eigenvalue weighted by Crippen LogP contribution is -2.10. The highest BCUT2D eigenvalue weighted by molar-refractivity contribution is 6.27. The highest BCUT2D eigenvalue weighted by atomic mass is 16.3. The van der Waals surface area contributed by atoms with Crippen LogP contribution in [-0.2, 0) is 0 Å². The molecule has 0 aliphatic heterocycles. The molecule has 3 aromatic heterocycles. The quantitative estimate of drug-likeness (QED) is 0.0804. The molecule has 0 aliphatic rings. The van der Waals surface area contributed by atoms with Crippen molar-refractivity contribution in [2.45, 2.75) is 0 Å². The van der Waals surface area contributed by atoms with Gasteiger partial charge in [-0.1, -0.05) is 473 Å². The summed E-state index contributed by atoms with van der Waals surface area (Å²) >= 11 is 0. The summed E-state index contributed by atoms with van der Waals surface area (Å²) in [6, 6.07) is 209. The van der Waals surface area contributed by atoms with E-state index in [0.29, 0.717) is 0 Å². The average Bonchev–Trinajstić information content (AvgIpc) is 1.58. The van der Waals surface area contributed by atoms with Gasteiger partial charge in [0, 0.05) is 83.1 Å². The van der Waals surface area contributed by atoms with Crippen molar-refractivity contribution >= 4 is 149 Å². The van der Waals surface area contributed by atoms with Crippen LogP contribution >= 0.6 is 0 Å². The van der Waals surface area contributed by atoms with Gasteiger partial charge in [0.25, 0.3) is 0 Å². The van der Waals surface area contributed by atoms with E-state index in [4.69, 9.17) is 13.3 Å². The maximum atomic E-state index is 7.12. The highest BCUT2D eigenvalue weighted by Gasteiger charge is 2.29. The molecule has 3 heterocycles. The lowest BCUT2D eigenvalue weighted by molar-refractivity contribution is 0.670. The third kappa shape index (κ3) is 17.4. The van der Waals surface area contributed by atoms with Gasteiger partial charge in [-0.05, 0) is 242 Å². The molecule has 150 heavy (non-hydrogen) atoms. The van der Waals surface area contributed by atoms with Crippen LogP contribution in [0.1, 0.15) is 0 Å². The van der Waals surface area contributed by atoms with Gasteiger partial charge < -0.3 is 28.0 Å². The molecule has 0 saturated heterocycles. The van der Waals surface area contributed by atoms with Crippen LogP contribution < -0.4 is 14.7 Å². The Morgan fingerprint density at radius 2 is 0.300 bits per heavy atom. The maximum absolute atomic E-state index is 7.12. The van der Waals surface area contributed by atoms with Crippen molar-refractivity contribution in [2.24, 2.45) is 0 Å². The van der Waals surface area contributed by atoms with Gasteiger partial charge in [-0.3, -0.25) is 0 Å². The Balaban J connectivity index is 0.000000114. The number of nitrogens with zero attached hydrogens (tertiary/aromatic N) is 3. The zero-order valence-electron chi connectivity index (χ0n) is 82.1. The van der Waals surface area contributed by atoms with E-state index in [1.807, 2.05) is 0 Å². The Morgan fingerprint density at radius 3 is 0.600 bits per heavy atom. The van der Waals surface area contributed by atoms with Crippen LogP contribution in [0.2, 0.25) is 0 Å². The monoisotopic (exact) mass is 1920 g/mol. The molecule has 28 aromatic rings. The first-order valence-electron chi connectivity index (χ1n) is 51.1. The number of fused-ring (bicyclic) bond motifs is 15. The Morgan fingerprint density at radius 1 is 0.113 bits per heavy atom. The SMILES string of the molecule is c1ccc(-c2ccc(-c3ccc(N(c4cccc(-c5ccccc5)c4)c4cccc5c4oc4c(-c6ccccc6)cc6ccccc6c45)cc3)cc2)cc1.c1ccc(-c2ccc(-c3cccc(N(c4ccccc4)c4cccc5c4oc4c(-c6ccccc6)cc6ccccc6c45)c3)cc2)cc1.c1ccc(-c2cccc(-c3cccc(N(c4ccccc4)c4cccc5c4oc4c(-c6ccccc6)cc6ccccc6c45)c3)c2)cc1. The third-order valence-corrected chi connectivity index (χ3v) is 28.9. The van der Waals surface area contributed by atoms with E-state index in [1.54, 1.807) is 0 Å². The van der Waals surface area contributed by atoms with Crippen molar-refractivity contribution in [3.63, 3.8) is 0 Å². The van der Waals surface area contributed by atoms with Crippen LogP contribution in [0, 0.1) is 0 Å². The molecule has 0 bridgehead atoms. The molecular formula is C144H97N3O3. The molecule has 0 radical (unpaired) electrons. The summed E-state index contributed by atoms with van der Waals surface area (Å²) in [6.45, 7) is 0. The first kappa shape index (κ1) is 90.1. The summed E-state index contributed by atoms with van der Waals surface area (Å²) < 4.78 is 21.2. The number of rotatable bonds is 19. The zero-order valence-corrected chi connectivity index (χ0v) is 82.1. The summed E-state index contributed by atoms with van der Waals surface area (Å²) in [5.74, 6) is 0. The second-order valence-electron chi connectivity index (χ2n) is 38.0. The second kappa shape index (κ2) is 40.0. The van der Waals surface area contributed by atoms with Crippen molar-refractivity contribution in [1.29, 1.82) is 0 Å². The molecule has 706 valence electrons. The van der Waals surface area contributed by atoms with Gasteiger partial charge in [0.2, 0.25) is 0 Å². The van der Waals surface area contributed by atoms with Gasteiger partial charge in [0.1, 0.15) is 16.7 Å². The predicted octanol–water partition coefficient (Wildman–Crippen LogP) is 41.3. The van der Waals surface area contributed by atoms with Gasteiger partial charge in [-0.25, -0.2) is 0 Å². The van der Waals surface area contributed by atoms with E-state index in [-0.39, 0.29) is 0 Å². The fourth-order valence-electron chi connectivity index (χ4n) is 21.7. The second-order valence-corrected chi connectivity index (χ2v) is 38.0. The van der Waals surface area contributed by atoms with Crippen LogP contribution in [0.25, 0.3) is 209 Å². The smallest absolute Gasteiger partial charge is 0.159 e. The van der Waals surface area contributed by atoms with Crippen molar-refractivity contribution in [1.82, 2.24) is 0 Å². The van der Waals surface area contributed by atoms with Crippen LogP contribution in [-0.4, -0.2) is 0 Å². The number of anilines is 9. The van der Waals surface area contributed by atoms with Gasteiger partial charge in [-0.2, -0.15) is 0 Å². The number of hydrogen-bond acceptors (Lipinski definition) is 6. The predicted molar refractivity (Wildman–Crippen MR) is 632 cm³/mol. The topological polar surface area (TPSA) is 49.1 Å². The lowest BCUT2D eigenvalue weighted by atomic mass is 9.96. The minimum Gasteiger partial charge on any atom is -0.453 e. The normalized spacial score (nSPS) is 11.3. The van der Waals surface area contributed by atoms with Crippen LogP contribution in [0.5, 0.6) is 0 Å². The zero-order chi connectivity index (χ0) is 99.6. The van der Waals surface area contributed by atoms with Crippen molar-refractivity contribution < 1.29 is 13.3 Å². The van der Waals surface area contributed by atoms with E-state index >= 15 is 0 Å². The first-order chi connectivity index (χ1) is 74.4. The summed E-state index contributed by atoms with van der Waals surface area (Å²) in [5, 5.41) is 13.9. The largest absolute Gasteiger partial charge is 0.453 e. The molecule has 25 aromatic carbocycles. The fraction of sp³-hybridized carbons (Fsp3) is 0. The van der Waals surface area contributed by atoms with E-state index in [0.717, 1.165) is 173 Å². The molecule has 6 heteroatoms. The average molecular weight is 1920 g/mol. The molecule has 0 spiro atoms. The summed E-state index contributed by atoms with van der Waals surface area (Å²) in [5.41, 5.74) is 37.9. The Kier molecular flexibility index (Phi) is 24.0. The molecule has 0 saturated carbocycles. The fourth-order valence-corrected chi connectivity index (χ4v) is 21.7. The van der Waals surface area contributed by atoms with E-state index in [1.165, 1.54) is 88.0 Å². The standard InChI is InChI=1S/C52H35NO.2C46H31NO/c1-4-14-36(15-5-1)38-26-28-39(29-27-38)40-30-32-44(33-31-40)53(45-22-12-21-42(34-45)37-16-6-2-7-17-37)49-25-13-24-47-50-46-23-11-10-20-43(46)35-48(52(50)54-51(47)49)41-18-8-3-9-19-41;1-4-15-32(16-5-1)34-20-12-21-35(29-34)36-22-13-25-39(30-36)47(38-23-8-3-9-24-38)43-28-14-27-41-44-40-26-11-10-19-37(40)31-42(46(44)48-45(41)43)33-17-6-2-7-18-33;1-4-14-32(15-5-1)33-26-28-34(29-27-33)36-19-12-22-39(30-36)47(38-20-8-3-9-21-38)43-25-13-24-41-44-40-23-11-10-18-37(40)31-42(46(44)48-45(41)43)35-16-6-2-7-17-35/h1-35H;2*1-31H. The molecular weight excluding hydrogens is 1820 g/mol. The highest BCUT2D eigenvalue weighted by Crippen LogP contribution is 2.53. The third-order valence-electron chi connectivity index (χ3n) is 28.9. The van der Waals surface area contributed by atoms with Gasteiger partial charge in [-0.15, -0.1) is 0 Å². The van der Waals surface area contributed by atoms with E-state index in [9.17, 15) is 0 Å². The first-order valence-corrected chi connectivity index (χ1v) is 51.1. The van der Waals surface area contributed by atoms with Crippen LogP contribution in [0.3, 0.4) is 0 Å². The molecule has 6 nitrogen and oxygen atoms in total. The molecule has 0 amide bonds.